The van der Waals surface area contributed by atoms with Crippen molar-refractivity contribution in [2.24, 2.45) is 0 Å². The zero-order chi connectivity index (χ0) is 20.3. The van der Waals surface area contributed by atoms with Crippen LogP contribution in [0.1, 0.15) is 15.9 Å². The molecule has 0 saturated heterocycles. The maximum Gasteiger partial charge on any atom is 0.205 e. The highest BCUT2D eigenvalue weighted by atomic mass is 35.5. The number of hydrogen-bond donors (Lipinski definition) is 1. The maximum absolute atomic E-state index is 12.9. The van der Waals surface area contributed by atoms with Crippen molar-refractivity contribution in [2.45, 2.75) is 0 Å². The number of aromatic amines is 1. The first-order chi connectivity index (χ1) is 13.5. The quantitative estimate of drug-likeness (QED) is 0.373. The van der Waals surface area contributed by atoms with Crippen LogP contribution >= 0.6 is 11.6 Å². The van der Waals surface area contributed by atoms with Gasteiger partial charge in [0.1, 0.15) is 11.6 Å². The highest BCUT2D eigenvalue weighted by Gasteiger charge is 2.18. The first-order valence-corrected chi connectivity index (χ1v) is 8.63. The van der Waals surface area contributed by atoms with Crippen molar-refractivity contribution in [1.29, 1.82) is 5.26 Å². The van der Waals surface area contributed by atoms with Crippen molar-refractivity contribution in [3.05, 3.63) is 58.3 Å². The molecule has 0 saturated carbocycles. The molecule has 0 spiro atoms. The van der Waals surface area contributed by atoms with E-state index >= 15 is 0 Å². The van der Waals surface area contributed by atoms with Gasteiger partial charge < -0.3 is 19.2 Å². The van der Waals surface area contributed by atoms with Crippen molar-refractivity contribution in [2.75, 3.05) is 21.3 Å². The third-order valence-corrected chi connectivity index (χ3v) is 4.49. The number of H-pyrrole nitrogens is 1. The Kier molecular flexibility index (Phi) is 5.57. The van der Waals surface area contributed by atoms with E-state index in [1.165, 1.54) is 27.4 Å². The Morgan fingerprint density at radius 3 is 2.36 bits per heavy atom. The summed E-state index contributed by atoms with van der Waals surface area (Å²) in [6.45, 7) is 0. The fourth-order valence-electron chi connectivity index (χ4n) is 2.93. The standard InChI is InChI=1S/C21H17ClN2O4/c1-26-18-7-12(8-19(27-2)21(18)28-3)6-13(10-23)20(25)16-11-24-17-9-14(22)4-5-15(16)17/h4-9,11,24H,1-3H3. The fraction of sp³-hybridized carbons (Fsp3) is 0.143. The minimum atomic E-state index is -0.398. The Morgan fingerprint density at radius 2 is 1.79 bits per heavy atom. The molecule has 2 aromatic carbocycles. The molecule has 0 amide bonds. The number of benzene rings is 2. The topological polar surface area (TPSA) is 84.3 Å². The van der Waals surface area contributed by atoms with E-state index in [-0.39, 0.29) is 5.57 Å². The lowest BCUT2D eigenvalue weighted by molar-refractivity contribution is 0.104. The van der Waals surface area contributed by atoms with Crippen LogP contribution in [0, 0.1) is 11.3 Å². The molecular formula is C21H17ClN2O4. The second kappa shape index (κ2) is 8.07. The number of nitrogens with zero attached hydrogens (tertiary/aromatic N) is 1. The molecule has 0 aliphatic rings. The van der Waals surface area contributed by atoms with Crippen LogP contribution in [0.5, 0.6) is 17.2 Å². The predicted molar refractivity (Wildman–Crippen MR) is 107 cm³/mol. The lowest BCUT2D eigenvalue weighted by atomic mass is 10.0. The monoisotopic (exact) mass is 396 g/mol. The maximum atomic E-state index is 12.9. The highest BCUT2D eigenvalue weighted by molar-refractivity contribution is 6.31. The molecule has 1 heterocycles. The summed E-state index contributed by atoms with van der Waals surface area (Å²) in [5.74, 6) is 0.893. The molecule has 0 aliphatic carbocycles. The number of ether oxygens (including phenoxy) is 3. The molecule has 7 heteroatoms. The largest absolute Gasteiger partial charge is 0.493 e. The van der Waals surface area contributed by atoms with Gasteiger partial charge in [-0.1, -0.05) is 17.7 Å². The van der Waals surface area contributed by atoms with E-state index in [2.05, 4.69) is 4.98 Å². The van der Waals surface area contributed by atoms with Crippen LogP contribution < -0.4 is 14.2 Å². The summed E-state index contributed by atoms with van der Waals surface area (Å²) in [5.41, 5.74) is 1.67. The number of methoxy groups -OCH3 is 3. The molecule has 0 radical (unpaired) electrons. The van der Waals surface area contributed by atoms with E-state index in [1.807, 2.05) is 6.07 Å². The van der Waals surface area contributed by atoms with Crippen LogP contribution in [0.15, 0.2) is 42.1 Å². The second-order valence-electron chi connectivity index (χ2n) is 5.85. The first-order valence-electron chi connectivity index (χ1n) is 8.25. The van der Waals surface area contributed by atoms with Gasteiger partial charge in [-0.3, -0.25) is 4.79 Å². The van der Waals surface area contributed by atoms with E-state index in [1.54, 1.807) is 36.5 Å². The van der Waals surface area contributed by atoms with E-state index < -0.39 is 5.78 Å². The van der Waals surface area contributed by atoms with E-state index in [0.29, 0.717) is 38.8 Å². The van der Waals surface area contributed by atoms with Crippen LogP contribution in [-0.4, -0.2) is 32.1 Å². The fourth-order valence-corrected chi connectivity index (χ4v) is 3.10. The van der Waals surface area contributed by atoms with Crippen molar-refractivity contribution < 1.29 is 19.0 Å². The van der Waals surface area contributed by atoms with Crippen LogP contribution in [0.25, 0.3) is 17.0 Å². The number of fused-ring (bicyclic) bond motifs is 1. The third kappa shape index (κ3) is 3.53. The average molecular weight is 397 g/mol. The van der Waals surface area contributed by atoms with Crippen LogP contribution in [-0.2, 0) is 0 Å². The molecule has 3 aromatic rings. The summed E-state index contributed by atoms with van der Waals surface area (Å²) in [4.78, 5) is 15.9. The first kappa shape index (κ1) is 19.3. The summed E-state index contributed by atoms with van der Waals surface area (Å²) >= 11 is 5.98. The molecule has 142 valence electrons. The molecule has 1 aromatic heterocycles. The van der Waals surface area contributed by atoms with E-state index in [4.69, 9.17) is 25.8 Å². The van der Waals surface area contributed by atoms with Crippen LogP contribution in [0.4, 0.5) is 0 Å². The number of ketones is 1. The van der Waals surface area contributed by atoms with Gasteiger partial charge in [-0.05, 0) is 35.9 Å². The molecule has 0 unspecified atom stereocenters. The van der Waals surface area contributed by atoms with Crippen LogP contribution in [0.2, 0.25) is 5.02 Å². The summed E-state index contributed by atoms with van der Waals surface area (Å²) in [6.07, 6.45) is 3.06. The molecule has 0 bridgehead atoms. The average Bonchev–Trinajstić information content (AvgIpc) is 3.13. The number of aromatic nitrogens is 1. The summed E-state index contributed by atoms with van der Waals surface area (Å²) < 4.78 is 15.9. The summed E-state index contributed by atoms with van der Waals surface area (Å²) in [6, 6.07) is 10.5. The van der Waals surface area contributed by atoms with Crippen molar-refractivity contribution in [3.8, 4) is 23.3 Å². The molecule has 1 N–H and O–H groups in total. The van der Waals surface area contributed by atoms with E-state index in [9.17, 15) is 10.1 Å². The molecular weight excluding hydrogens is 380 g/mol. The zero-order valence-corrected chi connectivity index (χ0v) is 16.3. The zero-order valence-electron chi connectivity index (χ0n) is 15.5. The van der Waals surface area contributed by atoms with Gasteiger partial charge >= 0.3 is 0 Å². The van der Waals surface area contributed by atoms with Crippen LogP contribution in [0.3, 0.4) is 0 Å². The molecule has 6 nitrogen and oxygen atoms in total. The second-order valence-corrected chi connectivity index (χ2v) is 6.29. The highest BCUT2D eigenvalue weighted by Crippen LogP contribution is 2.38. The normalized spacial score (nSPS) is 11.2. The van der Waals surface area contributed by atoms with Crippen molar-refractivity contribution in [3.63, 3.8) is 0 Å². The number of carbonyl (C=O) groups excluding carboxylic acids is 1. The lowest BCUT2D eigenvalue weighted by Gasteiger charge is -2.13. The number of halogens is 1. The van der Waals surface area contributed by atoms with Crippen molar-refractivity contribution in [1.82, 2.24) is 4.98 Å². The van der Waals surface area contributed by atoms with E-state index in [0.717, 1.165) is 5.52 Å². The summed E-state index contributed by atoms with van der Waals surface area (Å²) in [7, 11) is 4.50. The number of nitrogens with one attached hydrogen (secondary N) is 1. The predicted octanol–water partition coefficient (Wildman–Crippen LogP) is 4.64. The van der Waals surface area contributed by atoms with Gasteiger partial charge in [0.25, 0.3) is 0 Å². The number of carbonyl (C=O) groups is 1. The molecule has 0 atom stereocenters. The smallest absolute Gasteiger partial charge is 0.205 e. The number of rotatable bonds is 6. The number of hydrogen-bond acceptors (Lipinski definition) is 5. The molecule has 28 heavy (non-hydrogen) atoms. The van der Waals surface area contributed by atoms with Gasteiger partial charge in [-0.15, -0.1) is 0 Å². The Balaban J connectivity index is 2.06. The number of allylic oxidation sites excluding steroid dienone is 1. The van der Waals surface area contributed by atoms with Gasteiger partial charge in [-0.2, -0.15) is 5.26 Å². The van der Waals surface area contributed by atoms with Gasteiger partial charge in [0.15, 0.2) is 11.5 Å². The molecule has 0 aliphatic heterocycles. The number of Topliss-reactive ketones (excluding diaryl/α,β-unsaturated/α-hetero) is 1. The Hall–Kier alpha value is -3.43. The lowest BCUT2D eigenvalue weighted by Crippen LogP contribution is -2.01. The molecule has 3 rings (SSSR count). The molecule has 0 fully saturated rings. The Labute approximate surface area is 166 Å². The van der Waals surface area contributed by atoms with Gasteiger partial charge in [0.05, 0.1) is 21.3 Å². The Bertz CT molecular complexity index is 1100. The minimum Gasteiger partial charge on any atom is -0.493 e. The van der Waals surface area contributed by atoms with Gasteiger partial charge in [-0.25, -0.2) is 0 Å². The minimum absolute atomic E-state index is 0.0230. The Morgan fingerprint density at radius 1 is 1.11 bits per heavy atom. The third-order valence-electron chi connectivity index (χ3n) is 4.25. The van der Waals surface area contributed by atoms with Gasteiger partial charge in [0, 0.05) is 27.7 Å². The SMILES string of the molecule is COc1cc(C=C(C#N)C(=O)c2c[nH]c3cc(Cl)ccc23)cc(OC)c1OC. The van der Waals surface area contributed by atoms with Gasteiger partial charge in [0.2, 0.25) is 11.5 Å². The van der Waals surface area contributed by atoms with Crippen molar-refractivity contribution >= 4 is 34.4 Å². The summed E-state index contributed by atoms with van der Waals surface area (Å²) in [5, 5.41) is 10.8. The number of nitriles is 1.